The van der Waals surface area contributed by atoms with Crippen molar-refractivity contribution in [3.05, 3.63) is 89.5 Å². The van der Waals surface area contributed by atoms with Crippen molar-refractivity contribution in [2.45, 2.75) is 38.0 Å². The summed E-state index contributed by atoms with van der Waals surface area (Å²) in [5.74, 6) is -0.842. The van der Waals surface area contributed by atoms with E-state index in [0.717, 1.165) is 36.7 Å². The highest BCUT2D eigenvalue weighted by Gasteiger charge is 2.53. The van der Waals surface area contributed by atoms with Crippen LogP contribution in [0.15, 0.2) is 60.9 Å². The standard InChI is InChI=1S/C25H27F2N3O/c26-22-11-4-8-19(23(22)27)15-29-16-20-9-5-10-21(17-29)25(20,31)24-28-12-13-30(24)14-18-6-2-1-3-7-18/h1-4,6-8,11-13,20-21,31H,5,9-10,14-17H2. The molecule has 1 aromatic heterocycles. The molecule has 6 heteroatoms. The molecule has 2 bridgehead atoms. The summed E-state index contributed by atoms with van der Waals surface area (Å²) in [5.41, 5.74) is 0.525. The lowest BCUT2D eigenvalue weighted by Gasteiger charge is -2.52. The van der Waals surface area contributed by atoms with Crippen molar-refractivity contribution in [3.8, 4) is 0 Å². The van der Waals surface area contributed by atoms with Crippen LogP contribution in [0.3, 0.4) is 0 Å². The number of piperidine rings is 1. The smallest absolute Gasteiger partial charge is 0.163 e. The van der Waals surface area contributed by atoms with Crippen LogP contribution in [0, 0.1) is 23.5 Å². The molecule has 1 saturated heterocycles. The maximum absolute atomic E-state index is 14.2. The molecule has 31 heavy (non-hydrogen) atoms. The molecule has 0 radical (unpaired) electrons. The summed E-state index contributed by atoms with van der Waals surface area (Å²) in [6.45, 7) is 2.30. The topological polar surface area (TPSA) is 41.3 Å². The molecule has 2 unspecified atom stereocenters. The zero-order valence-corrected chi connectivity index (χ0v) is 17.4. The number of hydrogen-bond acceptors (Lipinski definition) is 3. The molecule has 162 valence electrons. The third-order valence-corrected chi connectivity index (χ3v) is 7.00. The van der Waals surface area contributed by atoms with E-state index in [1.807, 2.05) is 24.4 Å². The highest BCUT2D eigenvalue weighted by atomic mass is 19.2. The second-order valence-corrected chi connectivity index (χ2v) is 8.92. The molecule has 5 rings (SSSR count). The Morgan fingerprint density at radius 3 is 2.45 bits per heavy atom. The van der Waals surface area contributed by atoms with Crippen LogP contribution < -0.4 is 0 Å². The first kappa shape index (κ1) is 20.3. The molecule has 3 aromatic rings. The highest BCUT2D eigenvalue weighted by molar-refractivity contribution is 5.21. The number of likely N-dealkylation sites (tertiary alicyclic amines) is 1. The van der Waals surface area contributed by atoms with E-state index in [9.17, 15) is 13.9 Å². The van der Waals surface area contributed by atoms with Crippen molar-refractivity contribution in [1.82, 2.24) is 14.5 Å². The Hall–Kier alpha value is -2.57. The minimum Gasteiger partial charge on any atom is -0.381 e. The van der Waals surface area contributed by atoms with Crippen LogP contribution in [0.2, 0.25) is 0 Å². The fourth-order valence-electron chi connectivity index (χ4n) is 5.52. The van der Waals surface area contributed by atoms with Gasteiger partial charge in [0.2, 0.25) is 0 Å². The zero-order valence-electron chi connectivity index (χ0n) is 17.4. The van der Waals surface area contributed by atoms with E-state index in [2.05, 4.69) is 26.6 Å². The summed E-state index contributed by atoms with van der Waals surface area (Å²) in [6.07, 6.45) is 6.56. The predicted octanol–water partition coefficient (Wildman–Crippen LogP) is 4.33. The van der Waals surface area contributed by atoms with Crippen LogP contribution in [0.25, 0.3) is 0 Å². The van der Waals surface area contributed by atoms with Gasteiger partial charge in [0.05, 0.1) is 0 Å². The Labute approximate surface area is 181 Å². The lowest BCUT2D eigenvalue weighted by atomic mass is 9.65. The summed E-state index contributed by atoms with van der Waals surface area (Å²) in [5, 5.41) is 12.0. The third-order valence-electron chi connectivity index (χ3n) is 7.00. The van der Waals surface area contributed by atoms with Crippen LogP contribution in [0.1, 0.15) is 36.2 Å². The third kappa shape index (κ3) is 3.68. The number of nitrogens with zero attached hydrogens (tertiary/aromatic N) is 3. The van der Waals surface area contributed by atoms with Crippen LogP contribution in [0.5, 0.6) is 0 Å². The molecule has 1 aliphatic heterocycles. The van der Waals surface area contributed by atoms with Gasteiger partial charge in [-0.3, -0.25) is 4.90 Å². The number of rotatable bonds is 5. The van der Waals surface area contributed by atoms with Crippen LogP contribution in [0.4, 0.5) is 8.78 Å². The van der Waals surface area contributed by atoms with Gasteiger partial charge in [-0.1, -0.05) is 48.9 Å². The molecule has 0 spiro atoms. The maximum atomic E-state index is 14.2. The van der Waals surface area contributed by atoms with E-state index in [-0.39, 0.29) is 11.8 Å². The Kier molecular flexibility index (Phi) is 5.36. The quantitative estimate of drug-likeness (QED) is 0.664. The molecule has 2 heterocycles. The minimum atomic E-state index is -1.01. The van der Waals surface area contributed by atoms with Gasteiger partial charge in [-0.25, -0.2) is 13.8 Å². The predicted molar refractivity (Wildman–Crippen MR) is 114 cm³/mol. The average Bonchev–Trinajstić information content (AvgIpc) is 3.22. The molecule has 2 atom stereocenters. The maximum Gasteiger partial charge on any atom is 0.163 e. The van der Waals surface area contributed by atoms with E-state index < -0.39 is 17.2 Å². The van der Waals surface area contributed by atoms with Crippen LogP contribution >= 0.6 is 0 Å². The van der Waals surface area contributed by atoms with Crippen molar-refractivity contribution in [2.75, 3.05) is 13.1 Å². The molecular weight excluding hydrogens is 396 g/mol. The van der Waals surface area contributed by atoms with E-state index in [1.54, 1.807) is 18.3 Å². The van der Waals surface area contributed by atoms with E-state index in [1.165, 1.54) is 0 Å². The summed E-state index contributed by atoms with van der Waals surface area (Å²) in [7, 11) is 0. The average molecular weight is 424 g/mol. The second kappa shape index (κ2) is 8.17. The molecule has 4 nitrogen and oxygen atoms in total. The van der Waals surface area contributed by atoms with E-state index in [4.69, 9.17) is 0 Å². The number of benzene rings is 2. The molecular formula is C25H27F2N3O. The Bertz CT molecular complexity index is 1040. The van der Waals surface area contributed by atoms with Gasteiger partial charge in [-0.05, 0) is 24.5 Å². The Morgan fingerprint density at radius 2 is 1.71 bits per heavy atom. The first-order chi connectivity index (χ1) is 15.1. The fourth-order valence-corrected chi connectivity index (χ4v) is 5.52. The monoisotopic (exact) mass is 423 g/mol. The second-order valence-electron chi connectivity index (χ2n) is 8.92. The van der Waals surface area contributed by atoms with E-state index >= 15 is 0 Å². The lowest BCUT2D eigenvalue weighted by Crippen LogP contribution is -2.58. The largest absolute Gasteiger partial charge is 0.381 e. The summed E-state index contributed by atoms with van der Waals surface area (Å²) >= 11 is 0. The van der Waals surface area contributed by atoms with Crippen molar-refractivity contribution in [1.29, 1.82) is 0 Å². The lowest BCUT2D eigenvalue weighted by molar-refractivity contribution is -0.155. The number of aromatic nitrogens is 2. The molecule has 1 aliphatic carbocycles. The van der Waals surface area contributed by atoms with Crippen LogP contribution in [-0.2, 0) is 18.7 Å². The first-order valence-electron chi connectivity index (χ1n) is 11.0. The van der Waals surface area contributed by atoms with Gasteiger partial charge >= 0.3 is 0 Å². The van der Waals surface area contributed by atoms with Crippen molar-refractivity contribution >= 4 is 0 Å². The zero-order chi connectivity index (χ0) is 21.4. The highest BCUT2D eigenvalue weighted by Crippen LogP contribution is 2.49. The normalized spacial score (nSPS) is 26.2. The van der Waals surface area contributed by atoms with Gasteiger partial charge in [0, 0.05) is 56.0 Å². The number of imidazole rings is 1. The van der Waals surface area contributed by atoms with Gasteiger partial charge in [0.25, 0.3) is 0 Å². The SMILES string of the molecule is OC1(c2nccn2Cc2ccccc2)C2CCCC1CN(Cc1cccc(F)c1F)C2. The number of halogens is 2. The van der Waals surface area contributed by atoms with E-state index in [0.29, 0.717) is 31.7 Å². The summed E-state index contributed by atoms with van der Waals surface area (Å²) in [4.78, 5) is 6.77. The first-order valence-corrected chi connectivity index (χ1v) is 11.0. The van der Waals surface area contributed by atoms with Gasteiger partial charge in [0.1, 0.15) is 11.4 Å². The molecule has 2 aromatic carbocycles. The number of fused-ring (bicyclic) bond motifs is 2. The van der Waals surface area contributed by atoms with Crippen molar-refractivity contribution in [2.24, 2.45) is 11.8 Å². The molecule has 1 N–H and O–H groups in total. The van der Waals surface area contributed by atoms with Gasteiger partial charge < -0.3 is 9.67 Å². The summed E-state index contributed by atoms with van der Waals surface area (Å²) < 4.78 is 29.9. The molecule has 2 aliphatic rings. The van der Waals surface area contributed by atoms with Gasteiger partial charge in [-0.2, -0.15) is 0 Å². The number of aliphatic hydroxyl groups is 1. The van der Waals surface area contributed by atoms with Crippen LogP contribution in [-0.4, -0.2) is 32.6 Å². The summed E-state index contributed by atoms with van der Waals surface area (Å²) in [6, 6.07) is 14.5. The van der Waals surface area contributed by atoms with Crippen molar-refractivity contribution in [3.63, 3.8) is 0 Å². The number of hydrogen-bond donors (Lipinski definition) is 1. The fraction of sp³-hybridized carbons (Fsp3) is 0.400. The molecule has 0 amide bonds. The van der Waals surface area contributed by atoms with Crippen molar-refractivity contribution < 1.29 is 13.9 Å². The minimum absolute atomic E-state index is 0.00791. The molecule has 2 fully saturated rings. The van der Waals surface area contributed by atoms with Gasteiger partial charge in [-0.15, -0.1) is 0 Å². The Morgan fingerprint density at radius 1 is 0.968 bits per heavy atom. The molecule has 1 saturated carbocycles. The Balaban J connectivity index is 1.40. The van der Waals surface area contributed by atoms with Gasteiger partial charge in [0.15, 0.2) is 11.6 Å².